The van der Waals surface area contributed by atoms with Gasteiger partial charge in [-0.2, -0.15) is 0 Å². The summed E-state index contributed by atoms with van der Waals surface area (Å²) in [5.41, 5.74) is -1.22. The number of phenols is 8. The van der Waals surface area contributed by atoms with Crippen LogP contribution >= 0.6 is 0 Å². The lowest BCUT2D eigenvalue weighted by atomic mass is 9.84. The van der Waals surface area contributed by atoms with Gasteiger partial charge in [-0.15, -0.1) is 0 Å². The normalized spacial score (nSPS) is 14.7. The van der Waals surface area contributed by atoms with Gasteiger partial charge in [-0.05, 0) is 0 Å². The molecular weight excluding hydrogens is 476 g/mol. The lowest BCUT2D eigenvalue weighted by Crippen LogP contribution is -2.20. The van der Waals surface area contributed by atoms with Crippen molar-refractivity contribution in [2.24, 2.45) is 0 Å². The highest BCUT2D eigenvalue weighted by molar-refractivity contribution is 6.47. The zero-order valence-corrected chi connectivity index (χ0v) is 18.3. The molecule has 0 aromatic heterocycles. The van der Waals surface area contributed by atoms with Gasteiger partial charge in [-0.25, -0.2) is 0 Å². The number of benzene rings is 5. The lowest BCUT2D eigenvalue weighted by molar-refractivity contribution is 0.0987. The Morgan fingerprint density at radius 3 is 0.972 bits per heavy atom. The average molecular weight is 490 g/mol. The van der Waals surface area contributed by atoms with Gasteiger partial charge in [0.05, 0.1) is 22.5 Å². The number of hydrogen-bond donors (Lipinski definition) is 8. The number of carbonyl (C=O) groups excluding carboxylic acids is 2. The van der Waals surface area contributed by atoms with Gasteiger partial charge in [-0.1, -0.05) is 0 Å². The van der Waals surface area contributed by atoms with Crippen LogP contribution in [0.15, 0.2) is 0 Å². The van der Waals surface area contributed by atoms with Crippen LogP contribution in [0, 0.1) is 0 Å². The molecule has 0 fully saturated rings. The Labute approximate surface area is 198 Å². The number of phenolic OH excluding ortho intramolecular Hbond substituents is 8. The second-order valence-corrected chi connectivity index (χ2v) is 8.96. The molecule has 2 heterocycles. The van der Waals surface area contributed by atoms with Crippen molar-refractivity contribution in [3.8, 4) is 46.0 Å². The van der Waals surface area contributed by atoms with Gasteiger partial charge < -0.3 is 50.7 Å². The molecule has 5 aromatic rings. The van der Waals surface area contributed by atoms with E-state index in [1.165, 1.54) is 14.1 Å². The summed E-state index contributed by atoms with van der Waals surface area (Å²) in [4.78, 5) is 27.8. The van der Waals surface area contributed by atoms with Crippen LogP contribution in [0.25, 0.3) is 43.1 Å². The molecule has 2 aliphatic heterocycles. The molecule has 0 atom stereocenters. The molecule has 36 heavy (non-hydrogen) atoms. The monoisotopic (exact) mass is 490 g/mol. The molecule has 2 aliphatic rings. The van der Waals surface area contributed by atoms with Crippen LogP contribution in [-0.4, -0.2) is 66.8 Å². The average Bonchev–Trinajstić information content (AvgIpc) is 3.26. The van der Waals surface area contributed by atoms with Crippen molar-refractivity contribution in [3.05, 3.63) is 11.1 Å². The van der Waals surface area contributed by atoms with Crippen LogP contribution in [-0.2, 0) is 0 Å². The number of rotatable bonds is 0. The molecule has 0 saturated heterocycles. The highest BCUT2D eigenvalue weighted by Crippen LogP contribution is 2.65. The second kappa shape index (κ2) is 5.51. The van der Waals surface area contributed by atoms with Gasteiger partial charge in [0.15, 0.2) is 46.0 Å². The third kappa shape index (κ3) is 1.68. The predicted octanol–water partition coefficient (Wildman–Crippen LogP) is 2.56. The summed E-state index contributed by atoms with van der Waals surface area (Å²) in [6.07, 6.45) is 0. The number of fused-ring (bicyclic) bond motifs is 2. The van der Waals surface area contributed by atoms with Crippen molar-refractivity contribution in [2.45, 2.75) is 0 Å². The molecule has 7 rings (SSSR count). The Bertz CT molecular complexity index is 1830. The molecule has 0 aliphatic carbocycles. The maximum absolute atomic E-state index is 12.9. The van der Waals surface area contributed by atoms with E-state index in [-0.39, 0.29) is 54.5 Å². The van der Waals surface area contributed by atoms with E-state index >= 15 is 0 Å². The smallest absolute Gasteiger partial charge is 0.262 e. The van der Waals surface area contributed by atoms with Crippen LogP contribution in [0.5, 0.6) is 46.0 Å². The standard InChI is InChI=1S/C24H14N2O10/c1-25-13-5-3-7(15(27)19(31)11(5)23(25)35)10-4-6-12(24(36)26(2)14(6)22(34)18(10)30)20(32)16(28)8(4)9(3)17(29)21(13)33/h27-34H,1-2H3. The summed E-state index contributed by atoms with van der Waals surface area (Å²) in [7, 11) is 2.53. The van der Waals surface area contributed by atoms with Gasteiger partial charge >= 0.3 is 0 Å². The SMILES string of the molecule is CN1C(=O)c2c(O)c(O)c3c4c(O)c(O)c5c6c(c(O)c(O)c(c7c(O)c(O)c1c2c37)c64)C(=O)N5C. The van der Waals surface area contributed by atoms with E-state index in [1.54, 1.807) is 0 Å². The minimum absolute atomic E-state index is 0.106. The zero-order chi connectivity index (χ0) is 25.9. The summed E-state index contributed by atoms with van der Waals surface area (Å²) in [6, 6.07) is 0. The second-order valence-electron chi connectivity index (χ2n) is 8.96. The highest BCUT2D eigenvalue weighted by atomic mass is 16.3. The fourth-order valence-electron chi connectivity index (χ4n) is 5.94. The molecule has 12 nitrogen and oxygen atoms in total. The van der Waals surface area contributed by atoms with E-state index in [0.29, 0.717) is 0 Å². The predicted molar refractivity (Wildman–Crippen MR) is 126 cm³/mol. The first-order valence-electron chi connectivity index (χ1n) is 10.5. The van der Waals surface area contributed by atoms with Gasteiger partial charge in [0.25, 0.3) is 11.8 Å². The summed E-state index contributed by atoms with van der Waals surface area (Å²) in [6.45, 7) is 0. The number of amides is 2. The Balaban J connectivity index is 2.00. The number of nitrogens with zero attached hydrogens (tertiary/aromatic N) is 2. The van der Waals surface area contributed by atoms with Crippen molar-refractivity contribution in [3.63, 3.8) is 0 Å². The first-order valence-corrected chi connectivity index (χ1v) is 10.5. The van der Waals surface area contributed by atoms with Crippen LogP contribution in [0.4, 0.5) is 11.4 Å². The van der Waals surface area contributed by atoms with E-state index in [4.69, 9.17) is 0 Å². The van der Waals surface area contributed by atoms with Crippen LogP contribution in [0.1, 0.15) is 20.7 Å². The van der Waals surface area contributed by atoms with Crippen molar-refractivity contribution in [2.75, 3.05) is 23.9 Å². The van der Waals surface area contributed by atoms with Gasteiger partial charge in [-0.3, -0.25) is 9.59 Å². The quantitative estimate of drug-likeness (QED) is 0.0905. The molecule has 8 N–H and O–H groups in total. The minimum atomic E-state index is -0.888. The summed E-state index contributed by atoms with van der Waals surface area (Å²) >= 11 is 0. The molecule has 2 amide bonds. The van der Waals surface area contributed by atoms with Gasteiger partial charge in [0.2, 0.25) is 0 Å². The van der Waals surface area contributed by atoms with E-state index in [9.17, 15) is 50.4 Å². The van der Waals surface area contributed by atoms with Crippen molar-refractivity contribution < 1.29 is 50.4 Å². The van der Waals surface area contributed by atoms with E-state index in [0.717, 1.165) is 9.80 Å². The molecule has 0 radical (unpaired) electrons. The molecule has 5 aromatic carbocycles. The number of anilines is 2. The third-order valence-electron chi connectivity index (χ3n) is 7.45. The maximum atomic E-state index is 12.9. The number of aromatic hydroxyl groups is 8. The fraction of sp³-hybridized carbons (Fsp3) is 0.0833. The molecule has 0 spiro atoms. The highest BCUT2D eigenvalue weighted by Gasteiger charge is 2.43. The topological polar surface area (TPSA) is 202 Å². The minimum Gasteiger partial charge on any atom is -0.504 e. The van der Waals surface area contributed by atoms with Gasteiger partial charge in [0.1, 0.15) is 0 Å². The molecule has 0 unspecified atom stereocenters. The maximum Gasteiger partial charge on any atom is 0.262 e. The zero-order valence-electron chi connectivity index (χ0n) is 18.3. The summed E-state index contributed by atoms with van der Waals surface area (Å²) < 4.78 is 0. The van der Waals surface area contributed by atoms with Crippen LogP contribution < -0.4 is 9.80 Å². The van der Waals surface area contributed by atoms with E-state index in [2.05, 4.69) is 0 Å². The van der Waals surface area contributed by atoms with E-state index < -0.39 is 68.9 Å². The van der Waals surface area contributed by atoms with E-state index in [1.807, 2.05) is 0 Å². The first kappa shape index (κ1) is 20.1. The third-order valence-corrected chi connectivity index (χ3v) is 7.45. The molecule has 180 valence electrons. The number of hydrogen-bond acceptors (Lipinski definition) is 10. The van der Waals surface area contributed by atoms with Crippen LogP contribution in [0.2, 0.25) is 0 Å². The molecule has 12 heteroatoms. The fourth-order valence-corrected chi connectivity index (χ4v) is 5.94. The van der Waals surface area contributed by atoms with Crippen LogP contribution in [0.3, 0.4) is 0 Å². The Morgan fingerprint density at radius 1 is 0.389 bits per heavy atom. The van der Waals surface area contributed by atoms with Crippen molar-refractivity contribution in [1.82, 2.24) is 0 Å². The first-order chi connectivity index (χ1) is 16.9. The summed E-state index contributed by atoms with van der Waals surface area (Å²) in [5, 5.41) is 86.0. The number of carbonyl (C=O) groups is 2. The largest absolute Gasteiger partial charge is 0.504 e. The Hall–Kier alpha value is -5.26. The molecule has 0 bridgehead atoms. The lowest BCUT2D eigenvalue weighted by Gasteiger charge is -2.22. The van der Waals surface area contributed by atoms with Gasteiger partial charge in [0, 0.05) is 57.2 Å². The Morgan fingerprint density at radius 2 is 0.667 bits per heavy atom. The van der Waals surface area contributed by atoms with Crippen molar-refractivity contribution in [1.29, 1.82) is 0 Å². The Kier molecular flexibility index (Phi) is 3.09. The molecule has 0 saturated carbocycles. The molecular formula is C24H14N2O10. The summed E-state index contributed by atoms with van der Waals surface area (Å²) in [5.74, 6) is -8.41. The van der Waals surface area contributed by atoms with Crippen molar-refractivity contribution >= 4 is 66.3 Å².